The monoisotopic (exact) mass is 333 g/mol. The molecule has 0 saturated heterocycles. The number of hydrogen-bond acceptors (Lipinski definition) is 2. The van der Waals surface area contributed by atoms with Crippen LogP contribution in [0.25, 0.3) is 5.65 Å². The van der Waals surface area contributed by atoms with Gasteiger partial charge in [-0.1, -0.05) is 29.3 Å². The Bertz CT molecular complexity index is 886. The summed E-state index contributed by atoms with van der Waals surface area (Å²) >= 11 is 11.8. The van der Waals surface area contributed by atoms with Gasteiger partial charge in [-0.3, -0.25) is 9.20 Å². The average Bonchev–Trinajstić information content (AvgIpc) is 2.78. The van der Waals surface area contributed by atoms with Crippen LogP contribution >= 0.6 is 23.2 Å². The zero-order chi connectivity index (χ0) is 15.9. The molecule has 0 aliphatic rings. The van der Waals surface area contributed by atoms with E-state index in [0.29, 0.717) is 27.1 Å². The molecule has 1 amide bonds. The van der Waals surface area contributed by atoms with Gasteiger partial charge in [0.05, 0.1) is 15.7 Å². The van der Waals surface area contributed by atoms with Crippen LogP contribution in [0.2, 0.25) is 10.0 Å². The van der Waals surface area contributed by atoms with E-state index in [-0.39, 0.29) is 5.91 Å². The smallest absolute Gasteiger partial charge is 0.274 e. The molecule has 3 aromatic rings. The van der Waals surface area contributed by atoms with E-state index in [0.717, 1.165) is 11.2 Å². The number of amides is 1. The van der Waals surface area contributed by atoms with Gasteiger partial charge < -0.3 is 5.32 Å². The largest absolute Gasteiger partial charge is 0.321 e. The number of carbonyl (C=O) groups is 1. The molecule has 1 N–H and O–H groups in total. The summed E-state index contributed by atoms with van der Waals surface area (Å²) in [6.07, 6.45) is 1.89. The number of halogens is 2. The Hall–Kier alpha value is -2.04. The number of nitrogens with one attached hydrogen (secondary N) is 1. The van der Waals surface area contributed by atoms with Gasteiger partial charge in [0.15, 0.2) is 0 Å². The lowest BCUT2D eigenvalue weighted by atomic mass is 10.2. The fourth-order valence-corrected chi connectivity index (χ4v) is 2.60. The second-order valence-electron chi connectivity index (χ2n) is 5.06. The van der Waals surface area contributed by atoms with Crippen molar-refractivity contribution in [2.24, 2.45) is 0 Å². The van der Waals surface area contributed by atoms with Gasteiger partial charge in [0.2, 0.25) is 0 Å². The lowest BCUT2D eigenvalue weighted by Crippen LogP contribution is -2.15. The number of rotatable bonds is 2. The van der Waals surface area contributed by atoms with E-state index in [1.807, 2.05) is 32.2 Å². The molecule has 2 heterocycles. The Kier molecular flexibility index (Phi) is 3.81. The molecule has 0 spiro atoms. The molecule has 1 aromatic carbocycles. The first-order valence-electron chi connectivity index (χ1n) is 6.67. The van der Waals surface area contributed by atoms with Crippen molar-refractivity contribution in [3.8, 4) is 0 Å². The first-order chi connectivity index (χ1) is 10.5. The Labute approximate surface area is 137 Å². The maximum Gasteiger partial charge on any atom is 0.274 e. The molecule has 112 valence electrons. The summed E-state index contributed by atoms with van der Waals surface area (Å²) in [5, 5.41) is 3.66. The molecule has 3 rings (SSSR count). The maximum atomic E-state index is 12.6. The number of aryl methyl sites for hydroxylation is 2. The first kappa shape index (κ1) is 14.9. The molecule has 0 radical (unpaired) electrons. The van der Waals surface area contributed by atoms with Crippen molar-refractivity contribution in [1.29, 1.82) is 0 Å². The van der Waals surface area contributed by atoms with Crippen LogP contribution in [0.1, 0.15) is 21.7 Å². The van der Waals surface area contributed by atoms with Crippen molar-refractivity contribution < 1.29 is 4.79 Å². The molecular formula is C16H13Cl2N3O. The molecular weight excluding hydrogens is 321 g/mol. The number of aromatic nitrogens is 2. The molecule has 0 bridgehead atoms. The second-order valence-corrected chi connectivity index (χ2v) is 5.88. The van der Waals surface area contributed by atoms with E-state index in [2.05, 4.69) is 10.3 Å². The van der Waals surface area contributed by atoms with Gasteiger partial charge in [0, 0.05) is 11.9 Å². The predicted molar refractivity (Wildman–Crippen MR) is 89.1 cm³/mol. The highest BCUT2D eigenvalue weighted by molar-refractivity contribution is 6.42. The van der Waals surface area contributed by atoms with Gasteiger partial charge in [-0.25, -0.2) is 4.98 Å². The predicted octanol–water partition coefficient (Wildman–Crippen LogP) is 4.51. The van der Waals surface area contributed by atoms with Gasteiger partial charge in [-0.05, 0) is 43.7 Å². The van der Waals surface area contributed by atoms with Gasteiger partial charge in [-0.15, -0.1) is 0 Å². The highest BCUT2D eigenvalue weighted by Gasteiger charge is 2.17. The van der Waals surface area contributed by atoms with Gasteiger partial charge in [-0.2, -0.15) is 0 Å². The molecule has 0 aliphatic heterocycles. The number of anilines is 1. The molecule has 0 saturated carbocycles. The van der Waals surface area contributed by atoms with Crippen LogP contribution in [0.5, 0.6) is 0 Å². The van der Waals surface area contributed by atoms with Crippen molar-refractivity contribution in [3.63, 3.8) is 0 Å². The Balaban J connectivity index is 2.00. The standard InChI is InChI=1S/C16H13Cl2N3O/c1-9-3-6-14-19-10(2)15(21(14)8-9)16(22)20-11-4-5-12(17)13(18)7-11/h3-8H,1-2H3,(H,20,22). The van der Waals surface area contributed by atoms with Gasteiger partial charge >= 0.3 is 0 Å². The van der Waals surface area contributed by atoms with E-state index >= 15 is 0 Å². The number of nitrogens with zero attached hydrogens (tertiary/aromatic N) is 2. The fraction of sp³-hybridized carbons (Fsp3) is 0.125. The number of fused-ring (bicyclic) bond motifs is 1. The second kappa shape index (κ2) is 5.63. The van der Waals surface area contributed by atoms with Crippen LogP contribution < -0.4 is 5.32 Å². The van der Waals surface area contributed by atoms with Gasteiger partial charge in [0.1, 0.15) is 11.3 Å². The zero-order valence-electron chi connectivity index (χ0n) is 12.0. The number of hydrogen-bond donors (Lipinski definition) is 1. The lowest BCUT2D eigenvalue weighted by Gasteiger charge is -2.07. The number of benzene rings is 1. The van der Waals surface area contributed by atoms with E-state index in [4.69, 9.17) is 23.2 Å². The lowest BCUT2D eigenvalue weighted by molar-refractivity contribution is 0.102. The summed E-state index contributed by atoms with van der Waals surface area (Å²) in [5.74, 6) is -0.242. The van der Waals surface area contributed by atoms with Crippen LogP contribution in [-0.4, -0.2) is 15.3 Å². The van der Waals surface area contributed by atoms with Crippen LogP contribution in [-0.2, 0) is 0 Å². The molecule has 6 heteroatoms. The van der Waals surface area contributed by atoms with Gasteiger partial charge in [0.25, 0.3) is 5.91 Å². The maximum absolute atomic E-state index is 12.6. The molecule has 2 aromatic heterocycles. The summed E-state index contributed by atoms with van der Waals surface area (Å²) in [4.78, 5) is 17.0. The van der Waals surface area contributed by atoms with Crippen molar-refractivity contribution in [2.75, 3.05) is 5.32 Å². The van der Waals surface area contributed by atoms with E-state index in [1.165, 1.54) is 0 Å². The summed E-state index contributed by atoms with van der Waals surface area (Å²) in [7, 11) is 0. The van der Waals surface area contributed by atoms with Crippen LogP contribution in [0.4, 0.5) is 5.69 Å². The minimum absolute atomic E-state index is 0.242. The highest BCUT2D eigenvalue weighted by Crippen LogP contribution is 2.25. The molecule has 0 unspecified atom stereocenters. The minimum Gasteiger partial charge on any atom is -0.321 e. The third-order valence-corrected chi connectivity index (χ3v) is 4.07. The fourth-order valence-electron chi connectivity index (χ4n) is 2.31. The number of carbonyl (C=O) groups excluding carboxylic acids is 1. The third-order valence-electron chi connectivity index (χ3n) is 3.33. The zero-order valence-corrected chi connectivity index (χ0v) is 13.5. The molecule has 0 aliphatic carbocycles. The number of pyridine rings is 1. The summed E-state index contributed by atoms with van der Waals surface area (Å²) in [5.41, 5.74) is 3.55. The molecule has 0 fully saturated rings. The van der Waals surface area contributed by atoms with Crippen molar-refractivity contribution in [1.82, 2.24) is 9.38 Å². The van der Waals surface area contributed by atoms with Crippen molar-refractivity contribution in [3.05, 3.63) is 63.5 Å². The SMILES string of the molecule is Cc1ccc2nc(C)c(C(=O)Nc3ccc(Cl)c(Cl)c3)n2c1. The molecule has 0 atom stereocenters. The summed E-state index contributed by atoms with van der Waals surface area (Å²) in [6.45, 7) is 3.78. The normalized spacial score (nSPS) is 10.9. The Morgan fingerprint density at radius 3 is 2.64 bits per heavy atom. The van der Waals surface area contributed by atoms with Crippen LogP contribution in [0, 0.1) is 13.8 Å². The number of imidazole rings is 1. The van der Waals surface area contributed by atoms with Crippen molar-refractivity contribution >= 4 is 40.4 Å². The Morgan fingerprint density at radius 2 is 1.91 bits per heavy atom. The van der Waals surface area contributed by atoms with E-state index in [9.17, 15) is 4.79 Å². The third kappa shape index (κ3) is 2.67. The van der Waals surface area contributed by atoms with Crippen molar-refractivity contribution in [2.45, 2.75) is 13.8 Å². The van der Waals surface area contributed by atoms with Crippen LogP contribution in [0.3, 0.4) is 0 Å². The summed E-state index contributed by atoms with van der Waals surface area (Å²) in [6, 6.07) is 8.81. The Morgan fingerprint density at radius 1 is 1.14 bits per heavy atom. The first-order valence-corrected chi connectivity index (χ1v) is 7.43. The quantitative estimate of drug-likeness (QED) is 0.749. The summed E-state index contributed by atoms with van der Waals surface area (Å²) < 4.78 is 1.79. The average molecular weight is 334 g/mol. The van der Waals surface area contributed by atoms with Crippen LogP contribution in [0.15, 0.2) is 36.5 Å². The molecule has 22 heavy (non-hydrogen) atoms. The topological polar surface area (TPSA) is 46.4 Å². The van der Waals surface area contributed by atoms with E-state index in [1.54, 1.807) is 22.6 Å². The molecule has 4 nitrogen and oxygen atoms in total. The highest BCUT2D eigenvalue weighted by atomic mass is 35.5. The minimum atomic E-state index is -0.242. The van der Waals surface area contributed by atoms with E-state index < -0.39 is 0 Å².